The molecule has 0 bridgehead atoms. The van der Waals surface area contributed by atoms with E-state index in [1.54, 1.807) is 0 Å². The topological polar surface area (TPSA) is 69.6 Å². The molecule has 1 unspecified atom stereocenters. The molecule has 16 heavy (non-hydrogen) atoms. The zero-order valence-corrected chi connectivity index (χ0v) is 10.8. The number of hydrogen-bond donors (Lipinski definition) is 2. The maximum atomic E-state index is 11.0. The van der Waals surface area contributed by atoms with Gasteiger partial charge in [0.15, 0.2) is 0 Å². The lowest BCUT2D eigenvalue weighted by Crippen LogP contribution is -2.46. The Morgan fingerprint density at radius 3 is 2.44 bits per heavy atom. The monoisotopic (exact) mass is 250 g/mol. The van der Waals surface area contributed by atoms with Crippen molar-refractivity contribution in [3.05, 3.63) is 0 Å². The molecule has 1 aliphatic rings. The first-order valence-electron chi connectivity index (χ1n) is 5.78. The predicted molar refractivity (Wildman–Crippen MR) is 63.7 cm³/mol. The van der Waals surface area contributed by atoms with Crippen LogP contribution in [0.15, 0.2) is 0 Å². The molecule has 1 fully saturated rings. The summed E-state index contributed by atoms with van der Waals surface area (Å²) in [7, 11) is -3.09. The summed E-state index contributed by atoms with van der Waals surface area (Å²) in [5.74, 6) is 0. The SMILES string of the molecule is CCC(O)CN1CCC(NS(C)(=O)=O)CC1. The second-order valence-electron chi connectivity index (χ2n) is 4.53. The van der Waals surface area contributed by atoms with Crippen LogP contribution in [0.4, 0.5) is 0 Å². The Morgan fingerprint density at radius 1 is 1.44 bits per heavy atom. The van der Waals surface area contributed by atoms with Gasteiger partial charge in [0.05, 0.1) is 12.4 Å². The number of sulfonamides is 1. The van der Waals surface area contributed by atoms with Gasteiger partial charge >= 0.3 is 0 Å². The molecule has 5 nitrogen and oxygen atoms in total. The van der Waals surface area contributed by atoms with E-state index in [0.717, 1.165) is 32.4 Å². The van der Waals surface area contributed by atoms with E-state index in [-0.39, 0.29) is 12.1 Å². The van der Waals surface area contributed by atoms with Crippen LogP contribution >= 0.6 is 0 Å². The zero-order chi connectivity index (χ0) is 12.2. The minimum atomic E-state index is -3.09. The molecule has 1 rings (SSSR count). The molecule has 0 aliphatic carbocycles. The Morgan fingerprint density at radius 2 is 2.00 bits per heavy atom. The summed E-state index contributed by atoms with van der Waals surface area (Å²) in [5, 5.41) is 9.51. The third-order valence-electron chi connectivity index (χ3n) is 2.91. The lowest BCUT2D eigenvalue weighted by molar-refractivity contribution is 0.0936. The van der Waals surface area contributed by atoms with E-state index in [4.69, 9.17) is 0 Å². The third-order valence-corrected chi connectivity index (χ3v) is 3.67. The fraction of sp³-hybridized carbons (Fsp3) is 1.00. The van der Waals surface area contributed by atoms with Gasteiger partial charge in [-0.15, -0.1) is 0 Å². The Bertz CT molecular complexity index is 297. The van der Waals surface area contributed by atoms with Crippen molar-refractivity contribution in [3.8, 4) is 0 Å². The third kappa shape index (κ3) is 5.25. The summed E-state index contributed by atoms with van der Waals surface area (Å²) in [6.07, 6.45) is 3.34. The highest BCUT2D eigenvalue weighted by Gasteiger charge is 2.22. The van der Waals surface area contributed by atoms with Crippen molar-refractivity contribution in [1.82, 2.24) is 9.62 Å². The number of piperidine rings is 1. The summed E-state index contributed by atoms with van der Waals surface area (Å²) in [6.45, 7) is 4.36. The van der Waals surface area contributed by atoms with E-state index in [1.807, 2.05) is 6.92 Å². The van der Waals surface area contributed by atoms with Gasteiger partial charge in [-0.2, -0.15) is 0 Å². The summed E-state index contributed by atoms with van der Waals surface area (Å²) in [4.78, 5) is 2.19. The number of aliphatic hydroxyl groups is 1. The first-order valence-corrected chi connectivity index (χ1v) is 7.67. The van der Waals surface area contributed by atoms with Gasteiger partial charge in [-0.3, -0.25) is 0 Å². The Labute approximate surface area is 97.9 Å². The number of nitrogens with zero attached hydrogens (tertiary/aromatic N) is 1. The van der Waals surface area contributed by atoms with Gasteiger partial charge in [-0.05, 0) is 32.4 Å². The smallest absolute Gasteiger partial charge is 0.208 e. The standard InChI is InChI=1S/C10H22N2O3S/c1-3-10(13)8-12-6-4-9(5-7-12)11-16(2,14)15/h9-11,13H,3-8H2,1-2H3. The second-order valence-corrected chi connectivity index (χ2v) is 6.31. The Hall–Kier alpha value is -0.170. The van der Waals surface area contributed by atoms with E-state index in [9.17, 15) is 13.5 Å². The van der Waals surface area contributed by atoms with E-state index >= 15 is 0 Å². The number of hydrogen-bond acceptors (Lipinski definition) is 4. The molecule has 0 aromatic heterocycles. The maximum Gasteiger partial charge on any atom is 0.208 e. The highest BCUT2D eigenvalue weighted by Crippen LogP contribution is 2.11. The van der Waals surface area contributed by atoms with Gasteiger partial charge in [0.25, 0.3) is 0 Å². The van der Waals surface area contributed by atoms with Crippen LogP contribution < -0.4 is 4.72 Å². The average molecular weight is 250 g/mol. The van der Waals surface area contributed by atoms with E-state index in [2.05, 4.69) is 9.62 Å². The molecule has 1 aliphatic heterocycles. The first kappa shape index (κ1) is 13.9. The predicted octanol–water partition coefficient (Wildman–Crippen LogP) is -0.229. The molecule has 0 aromatic carbocycles. The molecular formula is C10H22N2O3S. The van der Waals surface area contributed by atoms with Crippen LogP contribution in [-0.2, 0) is 10.0 Å². The van der Waals surface area contributed by atoms with Crippen molar-refractivity contribution in [2.45, 2.75) is 38.3 Å². The van der Waals surface area contributed by atoms with Crippen LogP contribution in [0.3, 0.4) is 0 Å². The van der Waals surface area contributed by atoms with Gasteiger partial charge in [0.2, 0.25) is 10.0 Å². The van der Waals surface area contributed by atoms with Gasteiger partial charge in [0.1, 0.15) is 0 Å². The maximum absolute atomic E-state index is 11.0. The fourth-order valence-corrected chi connectivity index (χ4v) is 2.80. The highest BCUT2D eigenvalue weighted by atomic mass is 32.2. The average Bonchev–Trinajstić information content (AvgIpc) is 2.18. The van der Waals surface area contributed by atoms with Gasteiger partial charge in [-0.25, -0.2) is 13.1 Å². The minimum absolute atomic E-state index is 0.0602. The van der Waals surface area contributed by atoms with Gasteiger partial charge < -0.3 is 10.0 Å². The molecule has 6 heteroatoms. The molecule has 0 amide bonds. The van der Waals surface area contributed by atoms with Crippen molar-refractivity contribution in [2.75, 3.05) is 25.9 Å². The quantitative estimate of drug-likeness (QED) is 0.707. The van der Waals surface area contributed by atoms with Crippen molar-refractivity contribution in [1.29, 1.82) is 0 Å². The van der Waals surface area contributed by atoms with Crippen LogP contribution in [0.1, 0.15) is 26.2 Å². The number of likely N-dealkylation sites (tertiary alicyclic amines) is 1. The fourth-order valence-electron chi connectivity index (χ4n) is 1.96. The molecule has 0 radical (unpaired) electrons. The van der Waals surface area contributed by atoms with Crippen LogP contribution in [-0.4, -0.2) is 56.5 Å². The Kier molecular flexibility index (Phi) is 5.17. The van der Waals surface area contributed by atoms with Gasteiger partial charge in [0, 0.05) is 12.6 Å². The number of nitrogens with one attached hydrogen (secondary N) is 1. The van der Waals surface area contributed by atoms with E-state index < -0.39 is 10.0 Å². The lowest BCUT2D eigenvalue weighted by Gasteiger charge is -2.32. The molecule has 0 saturated carbocycles. The minimum Gasteiger partial charge on any atom is -0.392 e. The van der Waals surface area contributed by atoms with Crippen LogP contribution in [0.25, 0.3) is 0 Å². The molecule has 1 heterocycles. The van der Waals surface area contributed by atoms with Crippen molar-refractivity contribution < 1.29 is 13.5 Å². The summed E-state index contributed by atoms with van der Waals surface area (Å²) < 4.78 is 24.7. The molecule has 1 saturated heterocycles. The van der Waals surface area contributed by atoms with Crippen molar-refractivity contribution >= 4 is 10.0 Å². The van der Waals surface area contributed by atoms with Crippen LogP contribution in [0.5, 0.6) is 0 Å². The lowest BCUT2D eigenvalue weighted by atomic mass is 10.1. The molecular weight excluding hydrogens is 228 g/mol. The molecule has 1 atom stereocenters. The first-order chi connectivity index (χ1) is 7.40. The van der Waals surface area contributed by atoms with E-state index in [1.165, 1.54) is 6.26 Å². The number of β-amino-alcohol motifs (C(OH)–C–C–N with tert-alkyl or cyclic N) is 1. The number of aliphatic hydroxyl groups excluding tert-OH is 1. The summed E-state index contributed by atoms with van der Waals surface area (Å²) >= 11 is 0. The molecule has 0 spiro atoms. The largest absolute Gasteiger partial charge is 0.392 e. The van der Waals surface area contributed by atoms with Crippen LogP contribution in [0, 0.1) is 0 Å². The number of rotatable bonds is 5. The van der Waals surface area contributed by atoms with Crippen molar-refractivity contribution in [3.63, 3.8) is 0 Å². The van der Waals surface area contributed by atoms with Gasteiger partial charge in [-0.1, -0.05) is 6.92 Å². The zero-order valence-electron chi connectivity index (χ0n) is 10.0. The molecule has 96 valence electrons. The normalized spacial score (nSPS) is 22.2. The highest BCUT2D eigenvalue weighted by molar-refractivity contribution is 7.88. The Balaban J connectivity index is 2.29. The van der Waals surface area contributed by atoms with E-state index in [0.29, 0.717) is 6.54 Å². The molecule has 0 aromatic rings. The summed E-state index contributed by atoms with van der Waals surface area (Å²) in [5.41, 5.74) is 0. The molecule has 2 N–H and O–H groups in total. The van der Waals surface area contributed by atoms with Crippen molar-refractivity contribution in [2.24, 2.45) is 0 Å². The summed E-state index contributed by atoms with van der Waals surface area (Å²) in [6, 6.07) is 0.0602. The van der Waals surface area contributed by atoms with Crippen LogP contribution in [0.2, 0.25) is 0 Å². The second kappa shape index (κ2) is 5.95.